The van der Waals surface area contributed by atoms with Crippen molar-refractivity contribution in [2.24, 2.45) is 17.8 Å². The molecule has 0 aromatic carbocycles. The second-order valence-electron chi connectivity index (χ2n) is 6.75. The molecule has 4 aliphatic rings. The molecule has 0 aromatic heterocycles. The van der Waals surface area contributed by atoms with Crippen LogP contribution in [-0.4, -0.2) is 34.4 Å². The van der Waals surface area contributed by atoms with Crippen molar-refractivity contribution < 1.29 is 9.90 Å². The van der Waals surface area contributed by atoms with Gasteiger partial charge in [0.2, 0.25) is 5.78 Å². The highest BCUT2D eigenvalue weighted by Gasteiger charge is 2.62. The minimum Gasteiger partial charge on any atom is -0.504 e. The van der Waals surface area contributed by atoms with Crippen LogP contribution in [0.5, 0.6) is 0 Å². The number of Topliss-reactive ketones (excluding diaryl/α,β-unsaturated/α-hetero) is 1. The summed E-state index contributed by atoms with van der Waals surface area (Å²) in [6.45, 7) is 4.47. The van der Waals surface area contributed by atoms with Gasteiger partial charge < -0.3 is 5.11 Å². The smallest absolute Gasteiger partial charge is 0.200 e. The largest absolute Gasteiger partial charge is 0.504 e. The molecule has 0 aromatic rings. The lowest BCUT2D eigenvalue weighted by Crippen LogP contribution is -2.63. The van der Waals surface area contributed by atoms with Crippen LogP contribution in [0.3, 0.4) is 0 Å². The van der Waals surface area contributed by atoms with Gasteiger partial charge in [0, 0.05) is 18.0 Å². The number of allylic oxidation sites excluding steroid dienone is 1. The van der Waals surface area contributed by atoms with E-state index in [0.29, 0.717) is 11.8 Å². The molecule has 1 spiro atoms. The summed E-state index contributed by atoms with van der Waals surface area (Å²) in [5.41, 5.74) is 1.17. The SMILES string of the molecule is CC1CC2C(=O)C(O)=C3CCN4CCCC2C34C1. The van der Waals surface area contributed by atoms with Gasteiger partial charge in [-0.3, -0.25) is 9.69 Å². The fourth-order valence-corrected chi connectivity index (χ4v) is 5.45. The number of aliphatic hydroxyl groups excluding tert-OH is 1. The molecule has 3 heteroatoms. The Labute approximate surface area is 108 Å². The Morgan fingerprint density at radius 3 is 3.06 bits per heavy atom. The predicted octanol–water partition coefficient (Wildman–Crippen LogP) is 2.28. The number of hydrogen-bond donors (Lipinski definition) is 1. The van der Waals surface area contributed by atoms with Gasteiger partial charge in [0.15, 0.2) is 5.76 Å². The first kappa shape index (κ1) is 11.0. The molecule has 0 amide bonds. The number of aliphatic hydroxyl groups is 1. The summed E-state index contributed by atoms with van der Waals surface area (Å²) >= 11 is 0. The summed E-state index contributed by atoms with van der Waals surface area (Å²) in [5.74, 6) is 1.40. The molecule has 3 nitrogen and oxygen atoms in total. The molecule has 2 heterocycles. The minimum absolute atomic E-state index is 0.0564. The van der Waals surface area contributed by atoms with Crippen LogP contribution in [0, 0.1) is 17.8 Å². The first-order valence-corrected chi connectivity index (χ1v) is 7.36. The van der Waals surface area contributed by atoms with Crippen LogP contribution in [0.4, 0.5) is 0 Å². The van der Waals surface area contributed by atoms with Crippen LogP contribution in [0.25, 0.3) is 0 Å². The van der Waals surface area contributed by atoms with Crippen molar-refractivity contribution in [3.05, 3.63) is 11.3 Å². The second kappa shape index (κ2) is 3.38. The second-order valence-corrected chi connectivity index (χ2v) is 6.75. The molecule has 4 atom stereocenters. The summed E-state index contributed by atoms with van der Waals surface area (Å²) in [7, 11) is 0. The van der Waals surface area contributed by atoms with Crippen LogP contribution < -0.4 is 0 Å². The maximum atomic E-state index is 12.4. The summed E-state index contributed by atoms with van der Waals surface area (Å²) in [6, 6.07) is 0. The zero-order valence-corrected chi connectivity index (χ0v) is 11.0. The van der Waals surface area contributed by atoms with Crippen molar-refractivity contribution in [1.82, 2.24) is 4.90 Å². The van der Waals surface area contributed by atoms with Gasteiger partial charge in [-0.2, -0.15) is 0 Å². The Balaban J connectivity index is 1.95. The third-order valence-electron chi connectivity index (χ3n) is 5.93. The lowest BCUT2D eigenvalue weighted by molar-refractivity contribution is -0.134. The highest BCUT2D eigenvalue weighted by molar-refractivity contribution is 5.98. The Morgan fingerprint density at radius 1 is 1.39 bits per heavy atom. The van der Waals surface area contributed by atoms with E-state index in [1.54, 1.807) is 0 Å². The van der Waals surface area contributed by atoms with Crippen LogP contribution in [0.15, 0.2) is 11.3 Å². The van der Waals surface area contributed by atoms with Crippen LogP contribution in [-0.2, 0) is 4.79 Å². The highest BCUT2D eigenvalue weighted by atomic mass is 16.3. The maximum Gasteiger partial charge on any atom is 0.200 e. The summed E-state index contributed by atoms with van der Waals surface area (Å²) in [4.78, 5) is 15.0. The third kappa shape index (κ3) is 1.08. The van der Waals surface area contributed by atoms with E-state index >= 15 is 0 Å². The lowest BCUT2D eigenvalue weighted by atomic mass is 9.54. The molecule has 2 aliphatic heterocycles. The predicted molar refractivity (Wildman–Crippen MR) is 68.2 cm³/mol. The molecule has 18 heavy (non-hydrogen) atoms. The summed E-state index contributed by atoms with van der Waals surface area (Å²) in [5, 5.41) is 10.3. The Morgan fingerprint density at radius 2 is 2.22 bits per heavy atom. The van der Waals surface area contributed by atoms with E-state index in [9.17, 15) is 9.90 Å². The first-order valence-electron chi connectivity index (χ1n) is 7.36. The highest BCUT2D eigenvalue weighted by Crippen LogP contribution is 2.59. The number of carbonyl (C=O) groups is 1. The first-order chi connectivity index (χ1) is 8.64. The number of ketones is 1. The van der Waals surface area contributed by atoms with E-state index < -0.39 is 0 Å². The van der Waals surface area contributed by atoms with Crippen LogP contribution in [0.1, 0.15) is 39.0 Å². The topological polar surface area (TPSA) is 40.5 Å². The van der Waals surface area contributed by atoms with Gasteiger partial charge >= 0.3 is 0 Å². The van der Waals surface area contributed by atoms with E-state index in [0.717, 1.165) is 37.9 Å². The van der Waals surface area contributed by atoms with E-state index in [2.05, 4.69) is 11.8 Å². The van der Waals surface area contributed by atoms with Crippen molar-refractivity contribution in [3.63, 3.8) is 0 Å². The number of piperidine rings is 1. The van der Waals surface area contributed by atoms with Crippen LogP contribution >= 0.6 is 0 Å². The minimum atomic E-state index is 0.0564. The molecule has 1 saturated carbocycles. The zero-order valence-electron chi connectivity index (χ0n) is 11.0. The van der Waals surface area contributed by atoms with Gasteiger partial charge in [-0.1, -0.05) is 6.92 Å². The zero-order chi connectivity index (χ0) is 12.5. The van der Waals surface area contributed by atoms with E-state index in [4.69, 9.17) is 0 Å². The molecular formula is C15H21NO2. The van der Waals surface area contributed by atoms with E-state index in [-0.39, 0.29) is 23.0 Å². The fraction of sp³-hybridized carbons (Fsp3) is 0.800. The van der Waals surface area contributed by atoms with E-state index in [1.165, 1.54) is 12.8 Å². The number of rotatable bonds is 0. The maximum absolute atomic E-state index is 12.4. The monoisotopic (exact) mass is 247 g/mol. The Bertz CT molecular complexity index is 455. The van der Waals surface area contributed by atoms with E-state index in [1.807, 2.05) is 0 Å². The third-order valence-corrected chi connectivity index (χ3v) is 5.93. The summed E-state index contributed by atoms with van der Waals surface area (Å²) < 4.78 is 0. The summed E-state index contributed by atoms with van der Waals surface area (Å²) in [6.07, 6.45) is 5.44. The lowest BCUT2D eigenvalue weighted by Gasteiger charge is -2.57. The van der Waals surface area contributed by atoms with Crippen molar-refractivity contribution >= 4 is 5.78 Å². The van der Waals surface area contributed by atoms with Crippen molar-refractivity contribution in [2.45, 2.75) is 44.6 Å². The van der Waals surface area contributed by atoms with Gasteiger partial charge in [-0.15, -0.1) is 0 Å². The molecule has 98 valence electrons. The number of hydrogen-bond acceptors (Lipinski definition) is 3. The Hall–Kier alpha value is -0.830. The molecule has 1 N–H and O–H groups in total. The average Bonchev–Trinajstić information content (AvgIpc) is 2.71. The molecule has 2 saturated heterocycles. The van der Waals surface area contributed by atoms with Gasteiger partial charge in [0.05, 0.1) is 0 Å². The number of nitrogens with zero attached hydrogens (tertiary/aromatic N) is 1. The van der Waals surface area contributed by atoms with Gasteiger partial charge in [-0.05, 0) is 56.1 Å². The average molecular weight is 247 g/mol. The molecule has 3 fully saturated rings. The number of carbonyl (C=O) groups excluding carboxylic acids is 1. The van der Waals surface area contributed by atoms with Gasteiger partial charge in [-0.25, -0.2) is 0 Å². The van der Waals surface area contributed by atoms with Crippen molar-refractivity contribution in [3.8, 4) is 0 Å². The fourth-order valence-electron chi connectivity index (χ4n) is 5.45. The van der Waals surface area contributed by atoms with Gasteiger partial charge in [0.1, 0.15) is 0 Å². The van der Waals surface area contributed by atoms with Crippen LogP contribution in [0.2, 0.25) is 0 Å². The molecule has 2 bridgehead atoms. The van der Waals surface area contributed by atoms with Crippen molar-refractivity contribution in [2.75, 3.05) is 13.1 Å². The standard InChI is InChI=1S/C15H21NO2/c1-9-7-10-11-3-2-5-16-6-4-12(14(18)13(10)17)15(11,16)8-9/h9-11,18H,2-8H2,1H3. The van der Waals surface area contributed by atoms with Gasteiger partial charge in [0.25, 0.3) is 0 Å². The normalized spacial score (nSPS) is 47.4. The van der Waals surface area contributed by atoms with Crippen molar-refractivity contribution in [1.29, 1.82) is 0 Å². The molecular weight excluding hydrogens is 226 g/mol. The molecule has 2 aliphatic carbocycles. The molecule has 4 rings (SSSR count). The molecule has 0 radical (unpaired) electrons. The quantitative estimate of drug-likeness (QED) is 0.714. The Kier molecular flexibility index (Phi) is 2.07. The molecule has 4 unspecified atom stereocenters.